The van der Waals surface area contributed by atoms with Crippen molar-refractivity contribution in [2.75, 3.05) is 39.0 Å². The number of hydrogen-bond acceptors (Lipinski definition) is 6. The van der Waals surface area contributed by atoms with Crippen molar-refractivity contribution in [2.24, 2.45) is 4.99 Å². The SMILES string of the molecule is Cc1cc2cc(NC(=N[C@H]3CCCCN(CC(=O)N4CCCC4C(=O)N(C)C)C3=O)NC#N)ccc2o1. The number of nitrogens with one attached hydrogen (secondary N) is 2. The van der Waals surface area contributed by atoms with Gasteiger partial charge in [-0.2, -0.15) is 5.26 Å². The van der Waals surface area contributed by atoms with Crippen LogP contribution in [-0.4, -0.2) is 84.2 Å². The third kappa shape index (κ3) is 6.02. The van der Waals surface area contributed by atoms with Crippen molar-refractivity contribution in [1.29, 1.82) is 5.26 Å². The highest BCUT2D eigenvalue weighted by molar-refractivity contribution is 5.98. The number of benzene rings is 1. The fourth-order valence-corrected chi connectivity index (χ4v) is 4.93. The van der Waals surface area contributed by atoms with E-state index in [-0.39, 0.29) is 30.2 Å². The van der Waals surface area contributed by atoms with E-state index >= 15 is 0 Å². The van der Waals surface area contributed by atoms with Gasteiger partial charge in [-0.05, 0) is 63.3 Å². The molecule has 2 N–H and O–H groups in total. The molecular weight excluding hydrogens is 474 g/mol. The Morgan fingerprint density at radius 2 is 2.00 bits per heavy atom. The van der Waals surface area contributed by atoms with Gasteiger partial charge in [-0.3, -0.25) is 19.7 Å². The molecule has 2 atom stereocenters. The van der Waals surface area contributed by atoms with Gasteiger partial charge in [0.25, 0.3) is 0 Å². The van der Waals surface area contributed by atoms with Gasteiger partial charge in [-0.25, -0.2) is 4.99 Å². The van der Waals surface area contributed by atoms with E-state index in [0.29, 0.717) is 31.6 Å². The number of guanidine groups is 1. The molecular formula is C26H33N7O4. The number of fused-ring (bicyclic) bond motifs is 1. The summed E-state index contributed by atoms with van der Waals surface area (Å²) < 4.78 is 5.61. The van der Waals surface area contributed by atoms with Crippen LogP contribution in [0.3, 0.4) is 0 Å². The summed E-state index contributed by atoms with van der Waals surface area (Å²) in [6.07, 6.45) is 5.27. The Labute approximate surface area is 216 Å². The molecule has 2 aliphatic rings. The number of amides is 3. The van der Waals surface area contributed by atoms with Crippen LogP contribution >= 0.6 is 0 Å². The van der Waals surface area contributed by atoms with Crippen molar-refractivity contribution in [3.63, 3.8) is 0 Å². The smallest absolute Gasteiger partial charge is 0.247 e. The number of furan rings is 1. The Hall–Kier alpha value is -4.07. The van der Waals surface area contributed by atoms with Gasteiger partial charge in [0.15, 0.2) is 6.19 Å². The molecule has 3 amide bonds. The van der Waals surface area contributed by atoms with Gasteiger partial charge in [0.05, 0.1) is 6.54 Å². The lowest BCUT2D eigenvalue weighted by molar-refractivity contribution is -0.145. The summed E-state index contributed by atoms with van der Waals surface area (Å²) in [6.45, 7) is 2.73. The molecule has 1 aromatic carbocycles. The number of nitriles is 1. The fourth-order valence-electron chi connectivity index (χ4n) is 4.93. The van der Waals surface area contributed by atoms with Crippen LogP contribution in [0.4, 0.5) is 5.69 Å². The van der Waals surface area contributed by atoms with Crippen molar-refractivity contribution in [3.8, 4) is 6.19 Å². The van der Waals surface area contributed by atoms with Crippen LogP contribution in [0.15, 0.2) is 33.7 Å². The van der Waals surface area contributed by atoms with Crippen LogP contribution in [0.1, 0.15) is 37.9 Å². The number of carbonyl (C=O) groups excluding carboxylic acids is 3. The Bertz CT molecular complexity index is 1250. The lowest BCUT2D eigenvalue weighted by atomic mass is 10.1. The van der Waals surface area contributed by atoms with Crippen LogP contribution in [0.2, 0.25) is 0 Å². The molecule has 11 nitrogen and oxygen atoms in total. The zero-order chi connectivity index (χ0) is 26.5. The molecule has 0 radical (unpaired) electrons. The number of aryl methyl sites for hydroxylation is 1. The Kier molecular flexibility index (Phi) is 7.96. The summed E-state index contributed by atoms with van der Waals surface area (Å²) in [6, 6.07) is 6.20. The summed E-state index contributed by atoms with van der Waals surface area (Å²) in [5.74, 6) is 0.358. The second kappa shape index (κ2) is 11.3. The Morgan fingerprint density at radius 1 is 1.19 bits per heavy atom. The summed E-state index contributed by atoms with van der Waals surface area (Å²) in [4.78, 5) is 48.2. The minimum absolute atomic E-state index is 0.0903. The first-order valence-corrected chi connectivity index (χ1v) is 12.6. The molecule has 0 aliphatic carbocycles. The molecule has 3 heterocycles. The first-order chi connectivity index (χ1) is 17.8. The summed E-state index contributed by atoms with van der Waals surface area (Å²) in [5.41, 5.74) is 1.44. The van der Waals surface area contributed by atoms with Crippen LogP contribution in [0.25, 0.3) is 11.0 Å². The maximum Gasteiger partial charge on any atom is 0.247 e. The lowest BCUT2D eigenvalue weighted by Crippen LogP contribution is -2.50. The van der Waals surface area contributed by atoms with Crippen molar-refractivity contribution < 1.29 is 18.8 Å². The predicted octanol–water partition coefficient (Wildman–Crippen LogP) is 2.04. The van der Waals surface area contributed by atoms with E-state index in [1.807, 2.05) is 31.3 Å². The number of nitrogens with zero attached hydrogens (tertiary/aromatic N) is 5. The van der Waals surface area contributed by atoms with Crippen molar-refractivity contribution in [1.82, 2.24) is 20.0 Å². The quantitative estimate of drug-likeness (QED) is 0.274. The highest BCUT2D eigenvalue weighted by Gasteiger charge is 2.37. The number of rotatable bonds is 5. The average Bonchev–Trinajstić information content (AvgIpc) is 3.45. The summed E-state index contributed by atoms with van der Waals surface area (Å²) in [5, 5.41) is 15.8. The first kappa shape index (κ1) is 26.0. The summed E-state index contributed by atoms with van der Waals surface area (Å²) >= 11 is 0. The number of anilines is 1. The van der Waals surface area contributed by atoms with E-state index in [2.05, 4.69) is 15.6 Å². The standard InChI is InChI=1S/C26H33N7O4/c1-17-13-18-14-19(9-10-22(18)37-17)29-26(28-16-27)30-20-7-4-5-11-32(24(20)35)15-23(34)33-12-6-8-21(33)25(36)31(2)3/h9-10,13-14,20-21H,4-8,11-12,15H2,1-3H3,(H2,28,29,30)/t20-,21?/m0/s1. The van der Waals surface area contributed by atoms with Gasteiger partial charge in [0.1, 0.15) is 23.4 Å². The lowest BCUT2D eigenvalue weighted by Gasteiger charge is -2.29. The molecule has 37 heavy (non-hydrogen) atoms. The third-order valence-electron chi connectivity index (χ3n) is 6.74. The number of aliphatic imine (C=N–C) groups is 1. The van der Waals surface area contributed by atoms with E-state index in [4.69, 9.17) is 4.42 Å². The van der Waals surface area contributed by atoms with Crippen molar-refractivity contribution >= 4 is 40.3 Å². The van der Waals surface area contributed by atoms with E-state index in [1.165, 1.54) is 9.80 Å². The van der Waals surface area contributed by atoms with Gasteiger partial charge < -0.3 is 24.4 Å². The molecule has 2 saturated heterocycles. The topological polar surface area (TPSA) is 134 Å². The Morgan fingerprint density at radius 3 is 2.76 bits per heavy atom. The number of hydrogen-bond donors (Lipinski definition) is 2. The molecule has 0 saturated carbocycles. The largest absolute Gasteiger partial charge is 0.461 e. The van der Waals surface area contributed by atoms with E-state index in [1.54, 1.807) is 25.1 Å². The molecule has 1 unspecified atom stereocenters. The maximum absolute atomic E-state index is 13.4. The second-order valence-electron chi connectivity index (χ2n) is 9.70. The monoisotopic (exact) mass is 507 g/mol. The van der Waals surface area contributed by atoms with Crippen molar-refractivity contribution in [3.05, 3.63) is 30.0 Å². The van der Waals surface area contributed by atoms with Crippen LogP contribution in [-0.2, 0) is 14.4 Å². The van der Waals surface area contributed by atoms with Crippen molar-refractivity contribution in [2.45, 2.75) is 51.1 Å². The first-order valence-electron chi connectivity index (χ1n) is 12.6. The van der Waals surface area contributed by atoms with E-state index < -0.39 is 12.1 Å². The molecule has 0 spiro atoms. The maximum atomic E-state index is 13.4. The molecule has 0 bridgehead atoms. The minimum atomic E-state index is -0.740. The number of likely N-dealkylation sites (tertiary alicyclic amines) is 2. The summed E-state index contributed by atoms with van der Waals surface area (Å²) in [7, 11) is 3.36. The van der Waals surface area contributed by atoms with Crippen LogP contribution < -0.4 is 10.6 Å². The number of likely N-dealkylation sites (N-methyl/N-ethyl adjacent to an activating group) is 1. The molecule has 2 aliphatic heterocycles. The van der Waals surface area contributed by atoms with Gasteiger partial charge >= 0.3 is 0 Å². The normalized spacial score (nSPS) is 20.5. The van der Waals surface area contributed by atoms with Crippen LogP contribution in [0, 0.1) is 18.4 Å². The average molecular weight is 508 g/mol. The van der Waals surface area contributed by atoms with Gasteiger partial charge in [0, 0.05) is 38.3 Å². The highest BCUT2D eigenvalue weighted by atomic mass is 16.3. The molecule has 2 aromatic rings. The molecule has 1 aromatic heterocycles. The Balaban J connectivity index is 1.48. The molecule has 196 valence electrons. The fraction of sp³-hybridized carbons (Fsp3) is 0.500. The second-order valence-corrected chi connectivity index (χ2v) is 9.70. The minimum Gasteiger partial charge on any atom is -0.461 e. The zero-order valence-corrected chi connectivity index (χ0v) is 21.5. The van der Waals surface area contributed by atoms with E-state index in [9.17, 15) is 19.6 Å². The zero-order valence-electron chi connectivity index (χ0n) is 21.5. The van der Waals surface area contributed by atoms with Gasteiger partial charge in [-0.15, -0.1) is 0 Å². The molecule has 4 rings (SSSR count). The molecule has 2 fully saturated rings. The third-order valence-corrected chi connectivity index (χ3v) is 6.74. The van der Waals surface area contributed by atoms with Gasteiger partial charge in [-0.1, -0.05) is 0 Å². The van der Waals surface area contributed by atoms with E-state index in [0.717, 1.165) is 36.0 Å². The highest BCUT2D eigenvalue weighted by Crippen LogP contribution is 2.23. The van der Waals surface area contributed by atoms with Gasteiger partial charge in [0.2, 0.25) is 23.7 Å². The van der Waals surface area contributed by atoms with Crippen LogP contribution in [0.5, 0.6) is 0 Å². The molecule has 11 heteroatoms. The number of carbonyl (C=O) groups is 3. The predicted molar refractivity (Wildman–Crippen MR) is 138 cm³/mol.